The molecular weight excluding hydrogens is 176 g/mol. The highest BCUT2D eigenvalue weighted by atomic mass is 15.2. The number of nitrogens with zero attached hydrogens (tertiary/aromatic N) is 3. The van der Waals surface area contributed by atoms with Crippen LogP contribution in [0, 0.1) is 12.3 Å². The molecule has 14 heavy (non-hydrogen) atoms. The fourth-order valence-electron chi connectivity index (χ4n) is 1.04. The SMILES string of the molecule is C#CCN(C)c1cnc(CNC)cn1. The number of hydrogen-bond acceptors (Lipinski definition) is 4. The Labute approximate surface area is 84.4 Å². The van der Waals surface area contributed by atoms with Crippen molar-refractivity contribution in [2.45, 2.75) is 6.54 Å². The third kappa shape index (κ3) is 2.71. The highest BCUT2D eigenvalue weighted by Crippen LogP contribution is 2.05. The second-order valence-corrected chi connectivity index (χ2v) is 2.96. The third-order valence-corrected chi connectivity index (χ3v) is 1.77. The Bertz CT molecular complexity index is 312. The first kappa shape index (κ1) is 10.5. The van der Waals surface area contributed by atoms with Crippen molar-refractivity contribution in [1.82, 2.24) is 15.3 Å². The van der Waals surface area contributed by atoms with Gasteiger partial charge in [0.2, 0.25) is 0 Å². The fourth-order valence-corrected chi connectivity index (χ4v) is 1.04. The summed E-state index contributed by atoms with van der Waals surface area (Å²) in [5.41, 5.74) is 0.922. The van der Waals surface area contributed by atoms with Gasteiger partial charge in [-0.3, -0.25) is 4.98 Å². The van der Waals surface area contributed by atoms with Crippen LogP contribution in [-0.2, 0) is 6.54 Å². The lowest BCUT2D eigenvalue weighted by atomic mass is 10.4. The van der Waals surface area contributed by atoms with E-state index >= 15 is 0 Å². The number of terminal acetylenes is 1. The maximum atomic E-state index is 5.19. The molecule has 0 atom stereocenters. The van der Waals surface area contributed by atoms with E-state index in [1.165, 1.54) is 0 Å². The molecule has 0 aliphatic carbocycles. The first-order valence-electron chi connectivity index (χ1n) is 4.38. The summed E-state index contributed by atoms with van der Waals surface area (Å²) in [7, 11) is 3.77. The Hall–Kier alpha value is -1.60. The van der Waals surface area contributed by atoms with Crippen molar-refractivity contribution < 1.29 is 0 Å². The molecule has 0 amide bonds. The molecule has 0 saturated heterocycles. The molecule has 0 saturated carbocycles. The van der Waals surface area contributed by atoms with Crippen molar-refractivity contribution in [2.24, 2.45) is 0 Å². The molecule has 1 aromatic heterocycles. The van der Waals surface area contributed by atoms with Crippen LogP contribution in [0.5, 0.6) is 0 Å². The van der Waals surface area contributed by atoms with Gasteiger partial charge in [0.25, 0.3) is 0 Å². The van der Waals surface area contributed by atoms with Crippen molar-refractivity contribution in [3.8, 4) is 12.3 Å². The molecule has 0 spiro atoms. The number of nitrogens with one attached hydrogen (secondary N) is 1. The summed E-state index contributed by atoms with van der Waals surface area (Å²) in [4.78, 5) is 10.4. The topological polar surface area (TPSA) is 41.1 Å². The first-order chi connectivity index (χ1) is 6.77. The van der Waals surface area contributed by atoms with Gasteiger partial charge in [-0.25, -0.2) is 4.98 Å². The fraction of sp³-hybridized carbons (Fsp3) is 0.400. The number of rotatable bonds is 4. The molecule has 0 radical (unpaired) electrons. The van der Waals surface area contributed by atoms with Crippen LogP contribution in [0.3, 0.4) is 0 Å². The van der Waals surface area contributed by atoms with E-state index in [-0.39, 0.29) is 0 Å². The predicted molar refractivity (Wildman–Crippen MR) is 56.9 cm³/mol. The van der Waals surface area contributed by atoms with Crippen LogP contribution in [0.4, 0.5) is 5.82 Å². The van der Waals surface area contributed by atoms with Gasteiger partial charge in [0, 0.05) is 13.6 Å². The van der Waals surface area contributed by atoms with Crippen LogP contribution in [-0.4, -0.2) is 30.6 Å². The Morgan fingerprint density at radius 2 is 2.29 bits per heavy atom. The van der Waals surface area contributed by atoms with Gasteiger partial charge in [0.15, 0.2) is 0 Å². The quantitative estimate of drug-likeness (QED) is 0.692. The maximum Gasteiger partial charge on any atom is 0.147 e. The normalized spacial score (nSPS) is 9.50. The van der Waals surface area contributed by atoms with E-state index in [1.54, 1.807) is 12.4 Å². The lowest BCUT2D eigenvalue weighted by Crippen LogP contribution is -2.19. The number of aromatic nitrogens is 2. The van der Waals surface area contributed by atoms with Crippen molar-refractivity contribution in [2.75, 3.05) is 25.5 Å². The average Bonchev–Trinajstić information content (AvgIpc) is 2.20. The van der Waals surface area contributed by atoms with Gasteiger partial charge in [-0.2, -0.15) is 0 Å². The molecule has 0 aliphatic heterocycles. The van der Waals surface area contributed by atoms with Crippen LogP contribution >= 0.6 is 0 Å². The van der Waals surface area contributed by atoms with E-state index in [1.807, 2.05) is 19.0 Å². The van der Waals surface area contributed by atoms with E-state index in [2.05, 4.69) is 21.2 Å². The summed E-state index contributed by atoms with van der Waals surface area (Å²) in [6.07, 6.45) is 8.67. The lowest BCUT2D eigenvalue weighted by Gasteiger charge is -2.13. The minimum Gasteiger partial charge on any atom is -0.347 e. The maximum absolute atomic E-state index is 5.19. The van der Waals surface area contributed by atoms with Crippen LogP contribution < -0.4 is 10.2 Å². The Morgan fingerprint density at radius 3 is 2.79 bits per heavy atom. The van der Waals surface area contributed by atoms with Gasteiger partial charge in [-0.05, 0) is 7.05 Å². The van der Waals surface area contributed by atoms with Gasteiger partial charge >= 0.3 is 0 Å². The molecule has 74 valence electrons. The van der Waals surface area contributed by atoms with Crippen molar-refractivity contribution in [3.63, 3.8) is 0 Å². The van der Waals surface area contributed by atoms with Gasteiger partial charge in [-0.1, -0.05) is 5.92 Å². The number of hydrogen-bond donors (Lipinski definition) is 1. The summed E-state index contributed by atoms with van der Waals surface area (Å²) in [5, 5.41) is 3.01. The Morgan fingerprint density at radius 1 is 1.50 bits per heavy atom. The third-order valence-electron chi connectivity index (χ3n) is 1.77. The lowest BCUT2D eigenvalue weighted by molar-refractivity contribution is 0.782. The second-order valence-electron chi connectivity index (χ2n) is 2.96. The summed E-state index contributed by atoms with van der Waals surface area (Å²) in [6, 6.07) is 0. The van der Waals surface area contributed by atoms with E-state index in [0.29, 0.717) is 6.54 Å². The van der Waals surface area contributed by atoms with Crippen LogP contribution in [0.15, 0.2) is 12.4 Å². The second kappa shape index (κ2) is 5.20. The summed E-state index contributed by atoms with van der Waals surface area (Å²) in [5.74, 6) is 3.35. The molecule has 0 unspecified atom stereocenters. The summed E-state index contributed by atoms with van der Waals surface area (Å²) in [6.45, 7) is 1.27. The Balaban J connectivity index is 2.68. The van der Waals surface area contributed by atoms with Crippen LogP contribution in [0.25, 0.3) is 0 Å². The standard InChI is InChI=1S/C10H14N4/c1-4-5-14(3)10-8-12-9(6-11-2)7-13-10/h1,7-8,11H,5-6H2,2-3H3. The highest BCUT2D eigenvalue weighted by molar-refractivity contribution is 5.36. The van der Waals surface area contributed by atoms with Crippen LogP contribution in [0.1, 0.15) is 5.69 Å². The van der Waals surface area contributed by atoms with Crippen LogP contribution in [0.2, 0.25) is 0 Å². The molecule has 0 aromatic carbocycles. The van der Waals surface area contributed by atoms with E-state index < -0.39 is 0 Å². The van der Waals surface area contributed by atoms with Gasteiger partial charge in [-0.15, -0.1) is 6.42 Å². The molecule has 1 N–H and O–H groups in total. The molecule has 0 aliphatic rings. The minimum atomic E-state index is 0.542. The predicted octanol–water partition coefficient (Wildman–Crippen LogP) is 0.265. The molecule has 4 heteroatoms. The van der Waals surface area contributed by atoms with Crippen molar-refractivity contribution >= 4 is 5.82 Å². The molecule has 1 heterocycles. The highest BCUT2D eigenvalue weighted by Gasteiger charge is 2.00. The summed E-state index contributed by atoms with van der Waals surface area (Å²) < 4.78 is 0. The average molecular weight is 190 g/mol. The Kier molecular flexibility index (Phi) is 3.89. The molecular formula is C10H14N4. The van der Waals surface area contributed by atoms with Gasteiger partial charge < -0.3 is 10.2 Å². The zero-order valence-electron chi connectivity index (χ0n) is 8.49. The van der Waals surface area contributed by atoms with E-state index in [9.17, 15) is 0 Å². The molecule has 4 nitrogen and oxygen atoms in total. The van der Waals surface area contributed by atoms with E-state index in [4.69, 9.17) is 6.42 Å². The first-order valence-corrected chi connectivity index (χ1v) is 4.38. The smallest absolute Gasteiger partial charge is 0.147 e. The summed E-state index contributed by atoms with van der Waals surface area (Å²) >= 11 is 0. The monoisotopic (exact) mass is 190 g/mol. The minimum absolute atomic E-state index is 0.542. The molecule has 0 fully saturated rings. The largest absolute Gasteiger partial charge is 0.347 e. The van der Waals surface area contributed by atoms with E-state index in [0.717, 1.165) is 18.1 Å². The zero-order chi connectivity index (χ0) is 10.4. The van der Waals surface area contributed by atoms with Gasteiger partial charge in [0.1, 0.15) is 5.82 Å². The molecule has 1 rings (SSSR count). The van der Waals surface area contributed by atoms with Gasteiger partial charge in [0.05, 0.1) is 24.6 Å². The number of anilines is 1. The van der Waals surface area contributed by atoms with Crippen molar-refractivity contribution in [1.29, 1.82) is 0 Å². The molecule has 0 bridgehead atoms. The zero-order valence-corrected chi connectivity index (χ0v) is 8.49. The molecule has 1 aromatic rings. The van der Waals surface area contributed by atoms with Crippen molar-refractivity contribution in [3.05, 3.63) is 18.1 Å².